The first-order chi connectivity index (χ1) is 14.2. The molecule has 2 aromatic rings. The zero-order valence-corrected chi connectivity index (χ0v) is 17.9. The van der Waals surface area contributed by atoms with E-state index < -0.39 is 0 Å². The summed E-state index contributed by atoms with van der Waals surface area (Å²) in [7, 11) is 0. The van der Waals surface area contributed by atoms with Crippen molar-refractivity contribution in [2.45, 2.75) is 64.7 Å². The minimum atomic E-state index is -0.361. The Hall–Kier alpha value is -2.14. The van der Waals surface area contributed by atoms with Gasteiger partial charge in [-0.3, -0.25) is 4.79 Å². The highest BCUT2D eigenvalue weighted by Gasteiger charge is 2.26. The van der Waals surface area contributed by atoms with Crippen molar-refractivity contribution in [3.05, 3.63) is 40.3 Å². The van der Waals surface area contributed by atoms with Gasteiger partial charge in [0.15, 0.2) is 0 Å². The topological polar surface area (TPSA) is 55.4 Å². The van der Waals surface area contributed by atoms with Crippen molar-refractivity contribution in [1.82, 2.24) is 0 Å². The number of carbonyl (C=O) groups is 2. The quantitative estimate of drug-likeness (QED) is 0.615. The predicted molar refractivity (Wildman–Crippen MR) is 118 cm³/mol. The van der Waals surface area contributed by atoms with Crippen LogP contribution in [0.2, 0.25) is 0 Å². The summed E-state index contributed by atoms with van der Waals surface area (Å²) >= 11 is 1.42. The van der Waals surface area contributed by atoms with Gasteiger partial charge < -0.3 is 10.1 Å². The number of benzene rings is 1. The highest BCUT2D eigenvalue weighted by Crippen LogP contribution is 2.38. The van der Waals surface area contributed by atoms with Crippen molar-refractivity contribution in [3.8, 4) is 11.1 Å². The van der Waals surface area contributed by atoms with Crippen LogP contribution in [0.1, 0.15) is 73.4 Å². The molecule has 4 rings (SSSR count). The molecule has 0 aliphatic heterocycles. The van der Waals surface area contributed by atoms with Crippen LogP contribution in [-0.2, 0) is 22.4 Å². The number of aryl methyl sites for hydroxylation is 2. The van der Waals surface area contributed by atoms with Crippen molar-refractivity contribution in [1.29, 1.82) is 0 Å². The summed E-state index contributed by atoms with van der Waals surface area (Å²) in [6.45, 7) is 2.12. The maximum atomic E-state index is 12.8. The molecule has 0 spiro atoms. The fourth-order valence-electron chi connectivity index (χ4n) is 4.55. The molecule has 1 amide bonds. The van der Waals surface area contributed by atoms with Gasteiger partial charge in [0.25, 0.3) is 0 Å². The number of hydrogen-bond acceptors (Lipinski definition) is 4. The number of anilines is 1. The first-order valence-corrected chi connectivity index (χ1v) is 11.8. The van der Waals surface area contributed by atoms with Crippen molar-refractivity contribution in [2.24, 2.45) is 5.92 Å². The Morgan fingerprint density at radius 3 is 2.59 bits per heavy atom. The van der Waals surface area contributed by atoms with Crippen LogP contribution in [0.15, 0.2) is 23.6 Å². The van der Waals surface area contributed by atoms with E-state index in [0.717, 1.165) is 49.7 Å². The molecular formula is C24H29NO3S. The van der Waals surface area contributed by atoms with Gasteiger partial charge in [-0.05, 0) is 62.1 Å². The number of rotatable bonds is 5. The Morgan fingerprint density at radius 1 is 1.07 bits per heavy atom. The van der Waals surface area contributed by atoms with E-state index in [1.54, 1.807) is 0 Å². The van der Waals surface area contributed by atoms with Crippen LogP contribution < -0.4 is 5.32 Å². The molecule has 2 aliphatic carbocycles. The summed E-state index contributed by atoms with van der Waals surface area (Å²) in [4.78, 5) is 25.6. The first-order valence-electron chi connectivity index (χ1n) is 10.9. The number of fused-ring (bicyclic) bond motifs is 1. The average molecular weight is 412 g/mol. The summed E-state index contributed by atoms with van der Waals surface area (Å²) < 4.78 is 5.35. The van der Waals surface area contributed by atoms with Gasteiger partial charge in [-0.1, -0.05) is 37.5 Å². The third kappa shape index (κ3) is 4.40. The molecule has 154 valence electrons. The number of amides is 1. The molecule has 0 radical (unpaired) electrons. The standard InChI is InChI=1S/C24H29NO3S/c1-2-28-24(27)21-20(19-13-12-16-8-6-7-11-18(16)14-19)15-29-23(21)25-22(26)17-9-4-3-5-10-17/h12-15,17H,2-11H2,1H3,(H,25,26). The van der Waals surface area contributed by atoms with E-state index in [1.807, 2.05) is 12.3 Å². The van der Waals surface area contributed by atoms with E-state index in [1.165, 1.54) is 41.7 Å². The summed E-state index contributed by atoms with van der Waals surface area (Å²) in [6.07, 6.45) is 9.97. The molecule has 0 saturated heterocycles. The number of thiophene rings is 1. The van der Waals surface area contributed by atoms with Crippen LogP contribution in [0.4, 0.5) is 5.00 Å². The molecule has 1 aromatic carbocycles. The van der Waals surface area contributed by atoms with E-state index in [9.17, 15) is 9.59 Å². The van der Waals surface area contributed by atoms with Crippen molar-refractivity contribution >= 4 is 28.2 Å². The van der Waals surface area contributed by atoms with Crippen LogP contribution in [0.3, 0.4) is 0 Å². The number of hydrogen-bond donors (Lipinski definition) is 1. The van der Waals surface area contributed by atoms with Crippen LogP contribution in [0, 0.1) is 5.92 Å². The van der Waals surface area contributed by atoms with Gasteiger partial charge in [-0.25, -0.2) is 4.79 Å². The number of carbonyl (C=O) groups excluding carboxylic acids is 2. The minimum absolute atomic E-state index is 0.0362. The van der Waals surface area contributed by atoms with Gasteiger partial charge in [0, 0.05) is 16.9 Å². The third-order valence-corrected chi connectivity index (χ3v) is 7.04. The van der Waals surface area contributed by atoms with Crippen molar-refractivity contribution in [2.75, 3.05) is 11.9 Å². The number of ether oxygens (including phenoxy) is 1. The smallest absolute Gasteiger partial charge is 0.341 e. The Morgan fingerprint density at radius 2 is 1.83 bits per heavy atom. The number of nitrogens with one attached hydrogen (secondary N) is 1. The normalized spacial score (nSPS) is 16.9. The zero-order chi connectivity index (χ0) is 20.2. The van der Waals surface area contributed by atoms with Crippen LogP contribution in [-0.4, -0.2) is 18.5 Å². The monoisotopic (exact) mass is 411 g/mol. The Labute approximate surface area is 176 Å². The van der Waals surface area contributed by atoms with Gasteiger partial charge in [0.2, 0.25) is 5.91 Å². The van der Waals surface area contributed by atoms with E-state index in [4.69, 9.17) is 4.74 Å². The lowest BCUT2D eigenvalue weighted by atomic mass is 9.88. The van der Waals surface area contributed by atoms with Gasteiger partial charge >= 0.3 is 5.97 Å². The zero-order valence-electron chi connectivity index (χ0n) is 17.1. The van der Waals surface area contributed by atoms with Gasteiger partial charge in [-0.15, -0.1) is 11.3 Å². The Kier molecular flexibility index (Phi) is 6.34. The summed E-state index contributed by atoms with van der Waals surface area (Å²) in [6, 6.07) is 6.50. The van der Waals surface area contributed by atoms with Gasteiger partial charge in [-0.2, -0.15) is 0 Å². The molecule has 1 saturated carbocycles. The Balaban J connectivity index is 1.65. The van der Waals surface area contributed by atoms with Crippen molar-refractivity contribution in [3.63, 3.8) is 0 Å². The Bertz CT molecular complexity index is 896. The second-order valence-electron chi connectivity index (χ2n) is 8.09. The second-order valence-corrected chi connectivity index (χ2v) is 8.97. The SMILES string of the molecule is CCOC(=O)c1c(-c2ccc3c(c2)CCCC3)csc1NC(=O)C1CCCCC1. The van der Waals surface area contributed by atoms with E-state index in [0.29, 0.717) is 17.2 Å². The van der Waals surface area contributed by atoms with Gasteiger partial charge in [0.1, 0.15) is 10.6 Å². The average Bonchev–Trinajstić information content (AvgIpc) is 3.17. The summed E-state index contributed by atoms with van der Waals surface area (Å²) in [5.41, 5.74) is 5.18. The van der Waals surface area contributed by atoms with E-state index >= 15 is 0 Å². The van der Waals surface area contributed by atoms with Crippen LogP contribution >= 0.6 is 11.3 Å². The lowest BCUT2D eigenvalue weighted by molar-refractivity contribution is -0.120. The van der Waals surface area contributed by atoms with E-state index in [-0.39, 0.29) is 17.8 Å². The molecule has 0 bridgehead atoms. The molecule has 2 aliphatic rings. The highest BCUT2D eigenvalue weighted by molar-refractivity contribution is 7.15. The van der Waals surface area contributed by atoms with E-state index in [2.05, 4.69) is 23.5 Å². The number of esters is 1. The molecule has 0 unspecified atom stereocenters. The maximum Gasteiger partial charge on any atom is 0.341 e. The van der Waals surface area contributed by atoms with Crippen LogP contribution in [0.25, 0.3) is 11.1 Å². The molecular weight excluding hydrogens is 382 g/mol. The fourth-order valence-corrected chi connectivity index (χ4v) is 5.51. The van der Waals surface area contributed by atoms with Gasteiger partial charge in [0.05, 0.1) is 6.61 Å². The lowest BCUT2D eigenvalue weighted by Gasteiger charge is -2.20. The molecule has 4 nitrogen and oxygen atoms in total. The third-order valence-electron chi connectivity index (χ3n) is 6.14. The van der Waals surface area contributed by atoms with Crippen LogP contribution in [0.5, 0.6) is 0 Å². The lowest BCUT2D eigenvalue weighted by Crippen LogP contribution is -2.25. The molecule has 5 heteroatoms. The summed E-state index contributed by atoms with van der Waals surface area (Å²) in [5.74, 6) is -0.275. The molecule has 1 heterocycles. The molecule has 29 heavy (non-hydrogen) atoms. The molecule has 1 fully saturated rings. The highest BCUT2D eigenvalue weighted by atomic mass is 32.1. The molecule has 0 atom stereocenters. The summed E-state index contributed by atoms with van der Waals surface area (Å²) in [5, 5.41) is 5.65. The maximum absolute atomic E-state index is 12.8. The largest absolute Gasteiger partial charge is 0.462 e. The predicted octanol–water partition coefficient (Wildman–Crippen LogP) is 5.99. The molecule has 1 N–H and O–H groups in total. The second kappa shape index (κ2) is 9.12. The van der Waals surface area contributed by atoms with Crippen molar-refractivity contribution < 1.29 is 14.3 Å². The minimum Gasteiger partial charge on any atom is -0.462 e. The fraction of sp³-hybridized carbons (Fsp3) is 0.500. The first kappa shape index (κ1) is 20.1. The molecule has 1 aromatic heterocycles.